The van der Waals surface area contributed by atoms with E-state index in [4.69, 9.17) is 0 Å². The molecule has 7 nitrogen and oxygen atoms in total. The molecule has 2 aromatic rings. The Labute approximate surface area is 173 Å². The van der Waals surface area contributed by atoms with Gasteiger partial charge in [0.1, 0.15) is 12.2 Å². The highest BCUT2D eigenvalue weighted by atomic mass is 127. The van der Waals surface area contributed by atoms with Gasteiger partial charge in [-0.15, -0.1) is 24.0 Å². The number of nitrogens with zero attached hydrogens (tertiary/aromatic N) is 5. The Bertz CT molecular complexity index is 679. The van der Waals surface area contributed by atoms with Crippen molar-refractivity contribution >= 4 is 29.9 Å². The van der Waals surface area contributed by atoms with Crippen LogP contribution in [0.25, 0.3) is 0 Å². The number of likely N-dealkylation sites (N-methyl/N-ethyl adjacent to an activating group) is 1. The highest BCUT2D eigenvalue weighted by molar-refractivity contribution is 14.0. The molecule has 1 heterocycles. The summed E-state index contributed by atoms with van der Waals surface area (Å²) in [5, 5.41) is 10.7. The van der Waals surface area contributed by atoms with Gasteiger partial charge in [-0.3, -0.25) is 9.67 Å². The summed E-state index contributed by atoms with van der Waals surface area (Å²) in [5.74, 6) is 1.61. The maximum absolute atomic E-state index is 4.29. The summed E-state index contributed by atoms with van der Waals surface area (Å²) in [4.78, 5) is 10.7. The van der Waals surface area contributed by atoms with Crippen molar-refractivity contribution in [2.24, 2.45) is 12.0 Å². The quantitative estimate of drug-likeness (QED) is 0.367. The lowest BCUT2D eigenvalue weighted by Crippen LogP contribution is -2.41. The number of guanidine groups is 1. The summed E-state index contributed by atoms with van der Waals surface area (Å²) in [6.45, 7) is 3.51. The van der Waals surface area contributed by atoms with Crippen molar-refractivity contribution in [2.45, 2.75) is 25.9 Å². The molecule has 0 spiro atoms. The summed E-state index contributed by atoms with van der Waals surface area (Å²) in [7, 11) is 7.83. The predicted molar refractivity (Wildman–Crippen MR) is 117 cm³/mol. The van der Waals surface area contributed by atoms with Crippen LogP contribution in [-0.2, 0) is 20.0 Å². The molecular weight excluding hydrogens is 441 g/mol. The number of aliphatic imine (C=N–C) groups is 1. The molecule has 0 amide bonds. The monoisotopic (exact) mass is 471 g/mol. The molecular formula is C18H30IN7. The number of rotatable bonds is 7. The van der Waals surface area contributed by atoms with Gasteiger partial charge in [0.05, 0.1) is 12.6 Å². The fraction of sp³-hybridized carbons (Fsp3) is 0.500. The smallest absolute Gasteiger partial charge is 0.191 e. The summed E-state index contributed by atoms with van der Waals surface area (Å²) in [6.07, 6.45) is 2.61. The third-order valence-corrected chi connectivity index (χ3v) is 4.30. The molecule has 0 aliphatic heterocycles. The van der Waals surface area contributed by atoms with E-state index < -0.39 is 0 Å². The average molecular weight is 471 g/mol. The SMILES string of the molecule is CCc1ccc(C(CNC(=NC)NCc2ncnn2C)N(C)C)cc1.I. The maximum atomic E-state index is 4.29. The summed E-state index contributed by atoms with van der Waals surface area (Å²) < 4.78 is 1.75. The second-order valence-electron chi connectivity index (χ2n) is 6.18. The molecule has 0 saturated heterocycles. The largest absolute Gasteiger partial charge is 0.354 e. The number of aryl methyl sites for hydroxylation is 2. The van der Waals surface area contributed by atoms with E-state index in [1.54, 1.807) is 18.1 Å². The topological polar surface area (TPSA) is 70.4 Å². The van der Waals surface area contributed by atoms with Crippen molar-refractivity contribution in [3.8, 4) is 0 Å². The molecule has 1 aromatic carbocycles. The minimum absolute atomic E-state index is 0. The fourth-order valence-electron chi connectivity index (χ4n) is 2.63. The maximum Gasteiger partial charge on any atom is 0.191 e. The van der Waals surface area contributed by atoms with Crippen LogP contribution in [0.4, 0.5) is 0 Å². The van der Waals surface area contributed by atoms with Crippen LogP contribution in [0.5, 0.6) is 0 Å². The Morgan fingerprint density at radius 1 is 1.23 bits per heavy atom. The van der Waals surface area contributed by atoms with Crippen LogP contribution in [-0.4, -0.2) is 53.3 Å². The van der Waals surface area contributed by atoms with Crippen LogP contribution in [0.15, 0.2) is 35.6 Å². The van der Waals surface area contributed by atoms with Gasteiger partial charge in [-0.2, -0.15) is 5.10 Å². The number of aromatic nitrogens is 3. The van der Waals surface area contributed by atoms with Crippen LogP contribution in [0.3, 0.4) is 0 Å². The van der Waals surface area contributed by atoms with Crippen molar-refractivity contribution in [2.75, 3.05) is 27.7 Å². The molecule has 0 fully saturated rings. The Kier molecular flexibility index (Phi) is 9.57. The molecule has 0 radical (unpaired) electrons. The average Bonchev–Trinajstić information content (AvgIpc) is 3.03. The second-order valence-corrected chi connectivity index (χ2v) is 6.18. The van der Waals surface area contributed by atoms with E-state index in [0.29, 0.717) is 6.54 Å². The highest BCUT2D eigenvalue weighted by Crippen LogP contribution is 2.18. The highest BCUT2D eigenvalue weighted by Gasteiger charge is 2.14. The molecule has 8 heteroatoms. The van der Waals surface area contributed by atoms with Gasteiger partial charge in [0.25, 0.3) is 0 Å². The van der Waals surface area contributed by atoms with Crippen LogP contribution < -0.4 is 10.6 Å². The van der Waals surface area contributed by atoms with E-state index in [2.05, 4.69) is 75.9 Å². The van der Waals surface area contributed by atoms with Crippen LogP contribution in [0.1, 0.15) is 29.9 Å². The number of halogens is 1. The van der Waals surface area contributed by atoms with E-state index >= 15 is 0 Å². The van der Waals surface area contributed by atoms with E-state index in [1.807, 2.05) is 7.05 Å². The first-order chi connectivity index (χ1) is 12.0. The molecule has 2 rings (SSSR count). The second kappa shape index (κ2) is 11.1. The number of benzene rings is 1. The van der Waals surface area contributed by atoms with Crippen molar-refractivity contribution in [1.29, 1.82) is 0 Å². The van der Waals surface area contributed by atoms with Gasteiger partial charge in [-0.25, -0.2) is 4.98 Å². The van der Waals surface area contributed by atoms with Crippen molar-refractivity contribution in [3.63, 3.8) is 0 Å². The van der Waals surface area contributed by atoms with Gasteiger partial charge in [-0.05, 0) is 31.6 Å². The molecule has 0 aliphatic carbocycles. The zero-order valence-electron chi connectivity index (χ0n) is 16.2. The first kappa shape index (κ1) is 22.4. The van der Waals surface area contributed by atoms with Crippen molar-refractivity contribution < 1.29 is 0 Å². The van der Waals surface area contributed by atoms with Crippen molar-refractivity contribution in [1.82, 2.24) is 30.3 Å². The third-order valence-electron chi connectivity index (χ3n) is 4.30. The number of nitrogens with one attached hydrogen (secondary N) is 2. The van der Waals surface area contributed by atoms with E-state index in [1.165, 1.54) is 11.1 Å². The summed E-state index contributed by atoms with van der Waals surface area (Å²) >= 11 is 0. The van der Waals surface area contributed by atoms with Gasteiger partial charge >= 0.3 is 0 Å². The van der Waals surface area contributed by atoms with Crippen LogP contribution in [0, 0.1) is 0 Å². The lowest BCUT2D eigenvalue weighted by Gasteiger charge is -2.26. The first-order valence-corrected chi connectivity index (χ1v) is 8.57. The fourth-order valence-corrected chi connectivity index (χ4v) is 2.63. The van der Waals surface area contributed by atoms with Crippen molar-refractivity contribution in [3.05, 3.63) is 47.5 Å². The molecule has 1 aromatic heterocycles. The Morgan fingerprint density at radius 2 is 1.92 bits per heavy atom. The summed E-state index contributed by atoms with van der Waals surface area (Å²) in [6, 6.07) is 9.08. The van der Waals surface area contributed by atoms with Gasteiger partial charge in [0.2, 0.25) is 0 Å². The molecule has 1 atom stereocenters. The Morgan fingerprint density at radius 3 is 2.42 bits per heavy atom. The normalized spacial score (nSPS) is 12.6. The van der Waals surface area contributed by atoms with E-state index in [0.717, 1.165) is 24.7 Å². The molecule has 1 unspecified atom stereocenters. The van der Waals surface area contributed by atoms with E-state index in [9.17, 15) is 0 Å². The van der Waals surface area contributed by atoms with Crippen LogP contribution in [0.2, 0.25) is 0 Å². The molecule has 0 aliphatic rings. The molecule has 2 N–H and O–H groups in total. The number of hydrogen-bond acceptors (Lipinski definition) is 4. The molecule has 26 heavy (non-hydrogen) atoms. The van der Waals surface area contributed by atoms with Gasteiger partial charge in [-0.1, -0.05) is 31.2 Å². The molecule has 144 valence electrons. The zero-order chi connectivity index (χ0) is 18.2. The van der Waals surface area contributed by atoms with Gasteiger partial charge in [0, 0.05) is 20.6 Å². The van der Waals surface area contributed by atoms with Gasteiger partial charge in [0.15, 0.2) is 5.96 Å². The Balaban J connectivity index is 0.00000338. The lowest BCUT2D eigenvalue weighted by molar-refractivity contribution is 0.298. The van der Waals surface area contributed by atoms with Crippen LogP contribution >= 0.6 is 24.0 Å². The first-order valence-electron chi connectivity index (χ1n) is 8.57. The Hall–Kier alpha value is -1.68. The number of hydrogen-bond donors (Lipinski definition) is 2. The minimum Gasteiger partial charge on any atom is -0.354 e. The lowest BCUT2D eigenvalue weighted by atomic mass is 10.0. The standard InChI is InChI=1S/C18H29N7.HI/c1-6-14-7-9-15(10-8-14)16(24(3)4)11-20-18(19-2)21-12-17-22-13-23-25(17)5;/h7-10,13,16H,6,11-12H2,1-5H3,(H2,19,20,21);1H. The predicted octanol–water partition coefficient (Wildman–Crippen LogP) is 1.96. The third kappa shape index (κ3) is 6.24. The molecule has 0 saturated carbocycles. The minimum atomic E-state index is 0. The molecule has 0 bridgehead atoms. The van der Waals surface area contributed by atoms with Gasteiger partial charge < -0.3 is 15.5 Å². The zero-order valence-corrected chi connectivity index (χ0v) is 18.6. The summed E-state index contributed by atoms with van der Waals surface area (Å²) in [5.41, 5.74) is 2.65. The van der Waals surface area contributed by atoms with E-state index in [-0.39, 0.29) is 30.0 Å².